The zero-order valence-corrected chi connectivity index (χ0v) is 18.9. The van der Waals surface area contributed by atoms with E-state index in [1.165, 1.54) is 0 Å². The molecule has 3 aromatic rings. The zero-order valence-electron chi connectivity index (χ0n) is 16.6. The Morgan fingerprint density at radius 3 is 2.55 bits per heavy atom. The van der Waals surface area contributed by atoms with Gasteiger partial charge in [-0.2, -0.15) is 0 Å². The van der Waals surface area contributed by atoms with E-state index >= 15 is 0 Å². The molecule has 0 aliphatic heterocycles. The third-order valence-electron chi connectivity index (χ3n) is 4.24. The number of aromatic nitrogens is 3. The number of aryl methyl sites for hydroxylation is 1. The fraction of sp³-hybridized carbons (Fsp3) is 0.333. The Kier molecular flexibility index (Phi) is 7.70. The number of benzene rings is 2. The summed E-state index contributed by atoms with van der Waals surface area (Å²) in [5, 5.41) is 10.8. The fourth-order valence-electron chi connectivity index (χ4n) is 2.78. The van der Waals surface area contributed by atoms with Crippen LogP contribution < -0.4 is 9.47 Å². The van der Waals surface area contributed by atoms with Crippen LogP contribution in [-0.4, -0.2) is 21.4 Å². The van der Waals surface area contributed by atoms with Crippen molar-refractivity contribution in [3.8, 4) is 11.5 Å². The molecule has 0 radical (unpaired) electrons. The molecule has 0 aliphatic carbocycles. The summed E-state index contributed by atoms with van der Waals surface area (Å²) in [5.41, 5.74) is 2.13. The second-order valence-corrected chi connectivity index (χ2v) is 8.13. The summed E-state index contributed by atoms with van der Waals surface area (Å²) in [5.74, 6) is 2.88. The highest BCUT2D eigenvalue weighted by Crippen LogP contribution is 2.30. The SMILES string of the molecule is CCOc1cc(C)ccc1OCc1nnc(SCc2ccc(Cl)cc2Cl)n1CC. The molecule has 0 spiro atoms. The third kappa shape index (κ3) is 5.59. The van der Waals surface area contributed by atoms with Gasteiger partial charge in [0.15, 0.2) is 22.5 Å². The second-order valence-electron chi connectivity index (χ2n) is 6.34. The Morgan fingerprint density at radius 2 is 1.83 bits per heavy atom. The van der Waals surface area contributed by atoms with Crippen LogP contribution in [0.15, 0.2) is 41.6 Å². The Labute approximate surface area is 185 Å². The molecule has 154 valence electrons. The van der Waals surface area contributed by atoms with E-state index in [1.54, 1.807) is 17.8 Å². The van der Waals surface area contributed by atoms with Gasteiger partial charge in [-0.05, 0) is 56.2 Å². The quantitative estimate of drug-likeness (QED) is 0.363. The average Bonchev–Trinajstić information content (AvgIpc) is 3.09. The van der Waals surface area contributed by atoms with E-state index in [-0.39, 0.29) is 0 Å². The van der Waals surface area contributed by atoms with Crippen molar-refractivity contribution in [1.82, 2.24) is 14.8 Å². The van der Waals surface area contributed by atoms with Gasteiger partial charge in [0, 0.05) is 22.3 Å². The molecule has 0 bridgehead atoms. The van der Waals surface area contributed by atoms with E-state index in [9.17, 15) is 0 Å². The van der Waals surface area contributed by atoms with E-state index in [2.05, 4.69) is 17.1 Å². The molecule has 0 saturated heterocycles. The van der Waals surface area contributed by atoms with Gasteiger partial charge < -0.3 is 14.0 Å². The lowest BCUT2D eigenvalue weighted by atomic mass is 10.2. The Bertz CT molecular complexity index is 979. The van der Waals surface area contributed by atoms with Crippen LogP contribution in [0.4, 0.5) is 0 Å². The summed E-state index contributed by atoms with van der Waals surface area (Å²) < 4.78 is 13.7. The molecule has 3 rings (SSSR count). The normalized spacial score (nSPS) is 10.9. The number of hydrogen-bond donors (Lipinski definition) is 0. The van der Waals surface area contributed by atoms with Gasteiger partial charge in [0.05, 0.1) is 6.61 Å². The molecule has 0 saturated carbocycles. The van der Waals surface area contributed by atoms with Crippen LogP contribution in [0.1, 0.15) is 30.8 Å². The molecular formula is C21H23Cl2N3O2S. The van der Waals surface area contributed by atoms with Gasteiger partial charge in [0.2, 0.25) is 0 Å². The minimum atomic E-state index is 0.312. The predicted molar refractivity (Wildman–Crippen MR) is 118 cm³/mol. The number of nitrogens with zero attached hydrogens (tertiary/aromatic N) is 3. The molecule has 0 amide bonds. The fourth-order valence-corrected chi connectivity index (χ4v) is 4.36. The maximum atomic E-state index is 6.27. The van der Waals surface area contributed by atoms with Gasteiger partial charge in [-0.3, -0.25) is 0 Å². The van der Waals surface area contributed by atoms with Gasteiger partial charge in [0.25, 0.3) is 0 Å². The van der Waals surface area contributed by atoms with Crippen LogP contribution in [0.25, 0.3) is 0 Å². The van der Waals surface area contributed by atoms with Crippen molar-refractivity contribution in [1.29, 1.82) is 0 Å². The minimum Gasteiger partial charge on any atom is -0.490 e. The molecule has 0 unspecified atom stereocenters. The van der Waals surface area contributed by atoms with Gasteiger partial charge >= 0.3 is 0 Å². The summed E-state index contributed by atoms with van der Waals surface area (Å²) in [4.78, 5) is 0. The predicted octanol–water partition coefficient (Wildman–Crippen LogP) is 6.18. The van der Waals surface area contributed by atoms with Crippen LogP contribution in [-0.2, 0) is 18.9 Å². The number of ether oxygens (including phenoxy) is 2. The van der Waals surface area contributed by atoms with Gasteiger partial charge in [-0.15, -0.1) is 10.2 Å². The maximum Gasteiger partial charge on any atom is 0.191 e. The van der Waals surface area contributed by atoms with Crippen LogP contribution in [0.3, 0.4) is 0 Å². The smallest absolute Gasteiger partial charge is 0.191 e. The highest BCUT2D eigenvalue weighted by molar-refractivity contribution is 7.98. The lowest BCUT2D eigenvalue weighted by Gasteiger charge is -2.13. The highest BCUT2D eigenvalue weighted by Gasteiger charge is 2.14. The van der Waals surface area contributed by atoms with Crippen molar-refractivity contribution in [3.05, 3.63) is 63.4 Å². The lowest BCUT2D eigenvalue weighted by molar-refractivity contribution is 0.258. The molecule has 8 heteroatoms. The summed E-state index contributed by atoms with van der Waals surface area (Å²) in [7, 11) is 0. The number of thioether (sulfide) groups is 1. The average molecular weight is 452 g/mol. The lowest BCUT2D eigenvalue weighted by Crippen LogP contribution is -2.08. The van der Waals surface area contributed by atoms with Gasteiger partial charge in [-0.1, -0.05) is 47.1 Å². The van der Waals surface area contributed by atoms with Crippen LogP contribution in [0.2, 0.25) is 10.0 Å². The molecule has 5 nitrogen and oxygen atoms in total. The molecule has 0 aliphatic rings. The van der Waals surface area contributed by atoms with E-state index in [0.29, 0.717) is 34.8 Å². The molecule has 29 heavy (non-hydrogen) atoms. The minimum absolute atomic E-state index is 0.312. The van der Waals surface area contributed by atoms with Crippen LogP contribution >= 0.6 is 35.0 Å². The highest BCUT2D eigenvalue weighted by atomic mass is 35.5. The first kappa shape index (κ1) is 21.8. The van der Waals surface area contributed by atoms with Crippen LogP contribution in [0, 0.1) is 6.92 Å². The largest absolute Gasteiger partial charge is 0.490 e. The third-order valence-corrected chi connectivity index (χ3v) is 5.84. The van der Waals surface area contributed by atoms with Crippen molar-refractivity contribution in [2.75, 3.05) is 6.61 Å². The van der Waals surface area contributed by atoms with Crippen molar-refractivity contribution < 1.29 is 9.47 Å². The molecule has 1 aromatic heterocycles. The first-order valence-electron chi connectivity index (χ1n) is 9.36. The van der Waals surface area contributed by atoms with Crippen molar-refractivity contribution in [2.24, 2.45) is 0 Å². The molecular weight excluding hydrogens is 429 g/mol. The maximum absolute atomic E-state index is 6.27. The van der Waals surface area contributed by atoms with Crippen LogP contribution in [0.5, 0.6) is 11.5 Å². The summed E-state index contributed by atoms with van der Waals surface area (Å²) in [6, 6.07) is 11.4. The molecule has 0 N–H and O–H groups in total. The number of rotatable bonds is 9. The number of hydrogen-bond acceptors (Lipinski definition) is 5. The Hall–Kier alpha value is -1.89. The number of halogens is 2. The zero-order chi connectivity index (χ0) is 20.8. The van der Waals surface area contributed by atoms with Crippen molar-refractivity contribution in [2.45, 2.75) is 44.8 Å². The van der Waals surface area contributed by atoms with E-state index < -0.39 is 0 Å². The van der Waals surface area contributed by atoms with Crippen molar-refractivity contribution in [3.63, 3.8) is 0 Å². The van der Waals surface area contributed by atoms with Gasteiger partial charge in [-0.25, -0.2) is 0 Å². The molecule has 1 heterocycles. The molecule has 2 aromatic carbocycles. The summed E-state index contributed by atoms with van der Waals surface area (Å²) in [6.45, 7) is 7.68. The monoisotopic (exact) mass is 451 g/mol. The molecule has 0 fully saturated rings. The topological polar surface area (TPSA) is 49.2 Å². The Morgan fingerprint density at radius 1 is 1.00 bits per heavy atom. The van der Waals surface area contributed by atoms with Crippen molar-refractivity contribution >= 4 is 35.0 Å². The second kappa shape index (κ2) is 10.2. The molecule has 0 atom stereocenters. The summed E-state index contributed by atoms with van der Waals surface area (Å²) >= 11 is 13.8. The first-order valence-corrected chi connectivity index (χ1v) is 11.1. The van der Waals surface area contributed by atoms with E-state index in [0.717, 1.165) is 34.4 Å². The van der Waals surface area contributed by atoms with Gasteiger partial charge in [0.1, 0.15) is 6.61 Å². The Balaban J connectivity index is 1.70. The van der Waals surface area contributed by atoms with E-state index in [4.69, 9.17) is 32.7 Å². The first-order chi connectivity index (χ1) is 14.0. The standard InChI is InChI=1S/C21H23Cl2N3O2S/c1-4-26-20(12-28-18-9-6-14(3)10-19(18)27-5-2)24-25-21(26)29-13-15-7-8-16(22)11-17(15)23/h6-11H,4-5,12-13H2,1-3H3. The van der Waals surface area contributed by atoms with E-state index in [1.807, 2.05) is 48.7 Å². The summed E-state index contributed by atoms with van der Waals surface area (Å²) in [6.07, 6.45) is 0.